The van der Waals surface area contributed by atoms with E-state index in [1.54, 1.807) is 21.9 Å². The van der Waals surface area contributed by atoms with Crippen LogP contribution in [0.3, 0.4) is 0 Å². The molecule has 0 saturated carbocycles. The van der Waals surface area contributed by atoms with Crippen LogP contribution in [0.25, 0.3) is 0 Å². The van der Waals surface area contributed by atoms with Crippen molar-refractivity contribution in [2.45, 2.75) is 20.5 Å². The Labute approximate surface area is 179 Å². The molecule has 1 aliphatic rings. The first-order valence-electron chi connectivity index (χ1n) is 10.0. The van der Waals surface area contributed by atoms with Crippen LogP contribution >= 0.6 is 0 Å². The van der Waals surface area contributed by atoms with Crippen molar-refractivity contribution in [2.24, 2.45) is 0 Å². The minimum atomic E-state index is -0.177. The monoisotopic (exact) mass is 421 g/mol. The molecule has 1 aliphatic heterocycles. The Balaban J connectivity index is 1.41. The Morgan fingerprint density at radius 3 is 2.39 bits per heavy atom. The number of para-hydroxylation sites is 1. The Bertz CT molecular complexity index is 1060. The van der Waals surface area contributed by atoms with Gasteiger partial charge in [0, 0.05) is 38.6 Å². The van der Waals surface area contributed by atoms with Crippen LogP contribution in [0.1, 0.15) is 37.9 Å². The lowest BCUT2D eigenvalue weighted by molar-refractivity contribution is 0.0529. The van der Waals surface area contributed by atoms with E-state index < -0.39 is 0 Å². The van der Waals surface area contributed by atoms with Gasteiger partial charge in [0.2, 0.25) is 0 Å². The van der Waals surface area contributed by atoms with E-state index in [1.165, 1.54) is 18.6 Å². The maximum Gasteiger partial charge on any atom is 0.274 e. The van der Waals surface area contributed by atoms with Crippen molar-refractivity contribution in [1.29, 1.82) is 0 Å². The molecule has 0 N–H and O–H groups in total. The maximum atomic E-state index is 13.2. The normalized spacial score (nSPS) is 13.9. The van der Waals surface area contributed by atoms with Gasteiger partial charge in [-0.15, -0.1) is 0 Å². The number of aryl methyl sites for hydroxylation is 2. The zero-order chi connectivity index (χ0) is 21.8. The summed E-state index contributed by atoms with van der Waals surface area (Å²) in [5.74, 6) is 0.903. The summed E-state index contributed by atoms with van der Waals surface area (Å²) in [6.45, 7) is 5.69. The van der Waals surface area contributed by atoms with Crippen LogP contribution in [0.4, 0.5) is 0 Å². The third-order valence-electron chi connectivity index (χ3n) is 5.31. The van der Waals surface area contributed by atoms with E-state index in [-0.39, 0.29) is 18.4 Å². The highest BCUT2D eigenvalue weighted by Crippen LogP contribution is 2.23. The number of aromatic nitrogens is 3. The molecular formula is C22H23N5O4. The molecule has 31 heavy (non-hydrogen) atoms. The van der Waals surface area contributed by atoms with Gasteiger partial charge in [0.25, 0.3) is 11.8 Å². The van der Waals surface area contributed by atoms with E-state index in [9.17, 15) is 9.59 Å². The molecule has 1 aromatic carbocycles. The number of nitrogens with zero attached hydrogens (tertiary/aromatic N) is 5. The van der Waals surface area contributed by atoms with Crippen molar-refractivity contribution in [3.05, 3.63) is 71.1 Å². The molecule has 0 atom stereocenters. The molecule has 1 saturated heterocycles. The van der Waals surface area contributed by atoms with Crippen molar-refractivity contribution < 1.29 is 18.8 Å². The van der Waals surface area contributed by atoms with Gasteiger partial charge in [0.1, 0.15) is 23.8 Å². The minimum absolute atomic E-state index is 0.124. The number of benzene rings is 1. The number of amides is 2. The van der Waals surface area contributed by atoms with Crippen molar-refractivity contribution in [3.8, 4) is 5.75 Å². The molecule has 4 rings (SSSR count). The molecule has 160 valence electrons. The minimum Gasteiger partial charge on any atom is -0.488 e. The van der Waals surface area contributed by atoms with Crippen LogP contribution in [0.15, 0.2) is 47.4 Å². The first kappa shape index (κ1) is 20.5. The van der Waals surface area contributed by atoms with Gasteiger partial charge in [0.05, 0.1) is 23.0 Å². The van der Waals surface area contributed by atoms with Crippen LogP contribution in [0.5, 0.6) is 5.75 Å². The quantitative estimate of drug-likeness (QED) is 0.623. The third-order valence-corrected chi connectivity index (χ3v) is 5.31. The fraction of sp³-hybridized carbons (Fsp3) is 0.318. The van der Waals surface area contributed by atoms with Crippen LogP contribution in [-0.4, -0.2) is 62.9 Å². The number of hydrogen-bond donors (Lipinski definition) is 0. The molecular weight excluding hydrogens is 398 g/mol. The summed E-state index contributed by atoms with van der Waals surface area (Å²) in [4.78, 5) is 37.1. The number of hydrogen-bond acceptors (Lipinski definition) is 7. The summed E-state index contributed by atoms with van der Waals surface area (Å²) in [6, 6.07) is 7.17. The average Bonchev–Trinajstić information content (AvgIpc) is 3.14. The van der Waals surface area contributed by atoms with Gasteiger partial charge in [-0.05, 0) is 26.0 Å². The van der Waals surface area contributed by atoms with E-state index in [1.807, 2.05) is 26.0 Å². The maximum absolute atomic E-state index is 13.2. The molecule has 0 aliphatic carbocycles. The summed E-state index contributed by atoms with van der Waals surface area (Å²) in [5, 5.41) is 3.93. The Kier molecular flexibility index (Phi) is 5.92. The van der Waals surface area contributed by atoms with E-state index >= 15 is 0 Å². The zero-order valence-electron chi connectivity index (χ0n) is 17.4. The molecule has 0 spiro atoms. The summed E-state index contributed by atoms with van der Waals surface area (Å²) in [5.41, 5.74) is 2.44. The van der Waals surface area contributed by atoms with Gasteiger partial charge in [-0.3, -0.25) is 14.6 Å². The number of piperazine rings is 1. The number of rotatable bonds is 5. The Hall–Kier alpha value is -3.75. The zero-order valence-corrected chi connectivity index (χ0v) is 17.4. The van der Waals surface area contributed by atoms with Crippen LogP contribution in [0.2, 0.25) is 0 Å². The number of ether oxygens (including phenoxy) is 1. The molecule has 2 aromatic heterocycles. The van der Waals surface area contributed by atoms with Gasteiger partial charge >= 0.3 is 0 Å². The summed E-state index contributed by atoms with van der Waals surface area (Å²) >= 11 is 0. The molecule has 3 heterocycles. The fourth-order valence-electron chi connectivity index (χ4n) is 3.48. The summed E-state index contributed by atoms with van der Waals surface area (Å²) in [6.07, 6.45) is 4.47. The predicted molar refractivity (Wildman–Crippen MR) is 111 cm³/mol. The van der Waals surface area contributed by atoms with E-state index in [2.05, 4.69) is 15.1 Å². The third kappa shape index (κ3) is 4.40. The highest BCUT2D eigenvalue weighted by molar-refractivity contribution is 5.97. The molecule has 2 amide bonds. The summed E-state index contributed by atoms with van der Waals surface area (Å²) < 4.78 is 11.1. The molecule has 0 radical (unpaired) electrons. The van der Waals surface area contributed by atoms with Gasteiger partial charge < -0.3 is 19.1 Å². The highest BCUT2D eigenvalue weighted by atomic mass is 16.5. The van der Waals surface area contributed by atoms with Crippen molar-refractivity contribution in [2.75, 3.05) is 26.2 Å². The molecule has 9 heteroatoms. The molecule has 9 nitrogen and oxygen atoms in total. The average molecular weight is 421 g/mol. The van der Waals surface area contributed by atoms with E-state index in [4.69, 9.17) is 9.26 Å². The van der Waals surface area contributed by atoms with Gasteiger partial charge in [-0.25, -0.2) is 4.98 Å². The second-order valence-corrected chi connectivity index (χ2v) is 7.26. The smallest absolute Gasteiger partial charge is 0.274 e. The van der Waals surface area contributed by atoms with Crippen LogP contribution in [-0.2, 0) is 6.61 Å². The van der Waals surface area contributed by atoms with Gasteiger partial charge in [0.15, 0.2) is 0 Å². The lowest BCUT2D eigenvalue weighted by atomic mass is 10.1. The van der Waals surface area contributed by atoms with E-state index in [0.717, 1.165) is 11.3 Å². The second-order valence-electron chi connectivity index (χ2n) is 7.26. The lowest BCUT2D eigenvalue weighted by Gasteiger charge is -2.34. The van der Waals surface area contributed by atoms with Crippen LogP contribution in [0, 0.1) is 13.8 Å². The van der Waals surface area contributed by atoms with Gasteiger partial charge in [-0.1, -0.05) is 17.3 Å². The van der Waals surface area contributed by atoms with Crippen LogP contribution < -0.4 is 4.74 Å². The Morgan fingerprint density at radius 1 is 1.03 bits per heavy atom. The topological polar surface area (TPSA) is 102 Å². The molecule has 1 fully saturated rings. The number of carbonyl (C=O) groups is 2. The molecule has 0 bridgehead atoms. The molecule has 3 aromatic rings. The van der Waals surface area contributed by atoms with Crippen molar-refractivity contribution in [3.63, 3.8) is 0 Å². The molecule has 0 unspecified atom stereocenters. The highest BCUT2D eigenvalue weighted by Gasteiger charge is 2.27. The second kappa shape index (κ2) is 8.95. The lowest BCUT2D eigenvalue weighted by Crippen LogP contribution is -2.50. The number of carbonyl (C=O) groups excluding carboxylic acids is 2. The summed E-state index contributed by atoms with van der Waals surface area (Å²) in [7, 11) is 0. The standard InChI is InChI=1S/C22H23N5O4/c1-15-18(16(2)31-25-15)14-30-20-6-4-3-5-17(20)21(28)26-9-11-27(12-10-26)22(29)19-13-23-7-8-24-19/h3-8,13H,9-12,14H2,1-2H3. The first-order chi connectivity index (χ1) is 15.0. The first-order valence-corrected chi connectivity index (χ1v) is 10.0. The fourth-order valence-corrected chi connectivity index (χ4v) is 3.48. The predicted octanol–water partition coefficient (Wildman–Crippen LogP) is 2.26. The SMILES string of the molecule is Cc1noc(C)c1COc1ccccc1C(=O)N1CCN(C(=O)c2cnccn2)CC1. The van der Waals surface area contributed by atoms with E-state index in [0.29, 0.717) is 48.9 Å². The largest absolute Gasteiger partial charge is 0.488 e. The van der Waals surface area contributed by atoms with Gasteiger partial charge in [-0.2, -0.15) is 0 Å². The van der Waals surface area contributed by atoms with Crippen molar-refractivity contribution in [1.82, 2.24) is 24.9 Å². The van der Waals surface area contributed by atoms with Crippen molar-refractivity contribution >= 4 is 11.8 Å². The Morgan fingerprint density at radius 2 is 1.74 bits per heavy atom.